The molecule has 0 fully saturated rings. The van der Waals surface area contributed by atoms with Crippen molar-refractivity contribution in [2.24, 2.45) is 0 Å². The lowest BCUT2D eigenvalue weighted by Gasteiger charge is -2.08. The summed E-state index contributed by atoms with van der Waals surface area (Å²) in [5.41, 5.74) is 2.89. The molecule has 3 heterocycles. The van der Waals surface area contributed by atoms with Gasteiger partial charge in [0, 0.05) is 18.0 Å². The lowest BCUT2D eigenvalue weighted by Crippen LogP contribution is -2.33. The first-order valence-electron chi connectivity index (χ1n) is 6.45. The first-order valence-corrected chi connectivity index (χ1v) is 6.45. The van der Waals surface area contributed by atoms with E-state index in [-0.39, 0.29) is 5.59 Å². The van der Waals surface area contributed by atoms with E-state index in [1.807, 2.05) is 42.5 Å². The molecule has 21 heavy (non-hydrogen) atoms. The Labute approximate surface area is 122 Å². The molecule has 3 aromatic heterocycles. The Morgan fingerprint density at radius 3 is 2.00 bits per heavy atom. The molecule has 0 saturated carbocycles. The predicted octanol–water partition coefficient (Wildman–Crippen LogP) is 0.885. The molecule has 2 N–H and O–H groups in total. The molecule has 0 unspecified atom stereocenters. The van der Waals surface area contributed by atoms with Crippen molar-refractivity contribution in [1.82, 2.24) is 15.0 Å². The van der Waals surface area contributed by atoms with Gasteiger partial charge in [-0.15, -0.1) is 0 Å². The summed E-state index contributed by atoms with van der Waals surface area (Å²) in [7, 11) is -1.64. The molecule has 3 rings (SSSR count). The molecule has 0 amide bonds. The average molecular weight is 277 g/mol. The molecule has 0 aliphatic rings. The zero-order valence-electron chi connectivity index (χ0n) is 11.1. The van der Waals surface area contributed by atoms with Crippen LogP contribution in [0.1, 0.15) is 0 Å². The maximum absolute atomic E-state index is 9.42. The van der Waals surface area contributed by atoms with E-state index in [0.29, 0.717) is 11.4 Å². The standard InChI is InChI=1S/C15H12BN3O2/c20-16(21)15-10-11(12-5-1-3-7-17-12)9-14(19-15)13-6-2-4-8-18-13/h1-10,20-21H. The number of nitrogens with zero attached hydrogens (tertiary/aromatic N) is 3. The molecule has 0 saturated heterocycles. The molecular weight excluding hydrogens is 265 g/mol. The van der Waals surface area contributed by atoms with Gasteiger partial charge in [-0.1, -0.05) is 12.1 Å². The van der Waals surface area contributed by atoms with E-state index in [1.165, 1.54) is 0 Å². The van der Waals surface area contributed by atoms with Crippen LogP contribution in [0.25, 0.3) is 22.6 Å². The zero-order chi connectivity index (χ0) is 14.7. The van der Waals surface area contributed by atoms with Gasteiger partial charge in [-0.05, 0) is 36.4 Å². The van der Waals surface area contributed by atoms with Crippen molar-refractivity contribution in [3.63, 3.8) is 0 Å². The molecule has 5 nitrogen and oxygen atoms in total. The summed E-state index contributed by atoms with van der Waals surface area (Å²) in [6.45, 7) is 0. The van der Waals surface area contributed by atoms with Crippen LogP contribution in [0.5, 0.6) is 0 Å². The van der Waals surface area contributed by atoms with Crippen LogP contribution >= 0.6 is 0 Å². The average Bonchev–Trinajstić information content (AvgIpc) is 2.56. The highest BCUT2D eigenvalue weighted by atomic mass is 16.4. The summed E-state index contributed by atoms with van der Waals surface area (Å²) >= 11 is 0. The number of aromatic nitrogens is 3. The second-order valence-electron chi connectivity index (χ2n) is 4.47. The summed E-state index contributed by atoms with van der Waals surface area (Å²) in [5.74, 6) is 0. The van der Waals surface area contributed by atoms with Crippen molar-refractivity contribution in [2.45, 2.75) is 0 Å². The first kappa shape index (κ1) is 13.4. The third-order valence-electron chi connectivity index (χ3n) is 3.00. The normalized spacial score (nSPS) is 10.4. The molecular formula is C15H12BN3O2. The molecule has 0 radical (unpaired) electrons. The highest BCUT2D eigenvalue weighted by Gasteiger charge is 2.17. The largest absolute Gasteiger partial charge is 0.508 e. The fraction of sp³-hybridized carbons (Fsp3) is 0. The second kappa shape index (κ2) is 5.82. The molecule has 0 bridgehead atoms. The van der Waals surface area contributed by atoms with E-state index in [0.717, 1.165) is 11.3 Å². The Balaban J connectivity index is 2.16. The van der Waals surface area contributed by atoms with Crippen molar-refractivity contribution in [3.8, 4) is 22.6 Å². The van der Waals surface area contributed by atoms with Gasteiger partial charge in [0.1, 0.15) is 0 Å². The fourth-order valence-electron chi connectivity index (χ4n) is 2.01. The van der Waals surface area contributed by atoms with E-state index >= 15 is 0 Å². The Hall–Kier alpha value is -2.57. The lowest BCUT2D eigenvalue weighted by atomic mass is 9.84. The first-order chi connectivity index (χ1) is 10.2. The molecule has 0 atom stereocenters. The quantitative estimate of drug-likeness (QED) is 0.695. The van der Waals surface area contributed by atoms with Crippen LogP contribution in [0.2, 0.25) is 0 Å². The van der Waals surface area contributed by atoms with E-state index in [4.69, 9.17) is 0 Å². The topological polar surface area (TPSA) is 79.1 Å². The number of rotatable bonds is 3. The third kappa shape index (κ3) is 2.96. The minimum Gasteiger partial charge on any atom is -0.422 e. The van der Waals surface area contributed by atoms with Crippen molar-refractivity contribution in [1.29, 1.82) is 0 Å². The van der Waals surface area contributed by atoms with Crippen LogP contribution < -0.4 is 5.59 Å². The lowest BCUT2D eigenvalue weighted by molar-refractivity contribution is 0.424. The Morgan fingerprint density at radius 2 is 1.43 bits per heavy atom. The molecule has 0 spiro atoms. The van der Waals surface area contributed by atoms with Crippen LogP contribution in [-0.4, -0.2) is 32.1 Å². The smallest absolute Gasteiger partial charge is 0.422 e. The van der Waals surface area contributed by atoms with Crippen LogP contribution in [0.4, 0.5) is 0 Å². The van der Waals surface area contributed by atoms with Crippen molar-refractivity contribution >= 4 is 12.7 Å². The van der Waals surface area contributed by atoms with Gasteiger partial charge in [-0.3, -0.25) is 15.0 Å². The molecule has 0 aliphatic heterocycles. The molecule has 102 valence electrons. The molecule has 0 aliphatic carbocycles. The Kier molecular flexibility index (Phi) is 3.72. The van der Waals surface area contributed by atoms with Gasteiger partial charge in [-0.2, -0.15) is 0 Å². The molecule has 6 heteroatoms. The number of pyridine rings is 3. The monoisotopic (exact) mass is 277 g/mol. The SMILES string of the molecule is OB(O)c1cc(-c2ccccn2)cc(-c2ccccn2)n1. The minimum absolute atomic E-state index is 0.166. The summed E-state index contributed by atoms with van der Waals surface area (Å²) in [6, 6.07) is 14.5. The van der Waals surface area contributed by atoms with Crippen LogP contribution in [0.15, 0.2) is 60.9 Å². The maximum atomic E-state index is 9.42. The fourth-order valence-corrected chi connectivity index (χ4v) is 2.01. The minimum atomic E-state index is -1.64. The van der Waals surface area contributed by atoms with E-state index < -0.39 is 7.12 Å². The Morgan fingerprint density at radius 1 is 0.762 bits per heavy atom. The number of hydrogen-bond donors (Lipinski definition) is 2. The second-order valence-corrected chi connectivity index (χ2v) is 4.47. The highest BCUT2D eigenvalue weighted by molar-refractivity contribution is 6.57. The molecule has 0 aromatic carbocycles. The van der Waals surface area contributed by atoms with Crippen LogP contribution in [-0.2, 0) is 0 Å². The summed E-state index contributed by atoms with van der Waals surface area (Å²) in [5, 5.41) is 18.8. The summed E-state index contributed by atoms with van der Waals surface area (Å²) < 4.78 is 0. The van der Waals surface area contributed by atoms with Gasteiger partial charge in [0.05, 0.1) is 22.7 Å². The highest BCUT2D eigenvalue weighted by Crippen LogP contribution is 2.20. The maximum Gasteiger partial charge on any atom is 0.508 e. The van der Waals surface area contributed by atoms with Crippen LogP contribution in [0.3, 0.4) is 0 Å². The van der Waals surface area contributed by atoms with Crippen molar-refractivity contribution < 1.29 is 10.0 Å². The van der Waals surface area contributed by atoms with Crippen LogP contribution in [0, 0.1) is 0 Å². The Bertz CT molecular complexity index is 679. The van der Waals surface area contributed by atoms with Crippen molar-refractivity contribution in [3.05, 3.63) is 60.9 Å². The van der Waals surface area contributed by atoms with E-state index in [1.54, 1.807) is 18.5 Å². The van der Waals surface area contributed by atoms with E-state index in [2.05, 4.69) is 15.0 Å². The van der Waals surface area contributed by atoms with Gasteiger partial charge < -0.3 is 10.0 Å². The summed E-state index contributed by atoms with van der Waals surface area (Å²) in [6.07, 6.45) is 3.35. The van der Waals surface area contributed by atoms with Gasteiger partial charge >= 0.3 is 7.12 Å². The van der Waals surface area contributed by atoms with Gasteiger partial charge in [0.2, 0.25) is 0 Å². The van der Waals surface area contributed by atoms with Gasteiger partial charge in [-0.25, -0.2) is 0 Å². The predicted molar refractivity (Wildman–Crippen MR) is 80.5 cm³/mol. The van der Waals surface area contributed by atoms with E-state index in [9.17, 15) is 10.0 Å². The number of hydrogen-bond acceptors (Lipinski definition) is 5. The van der Waals surface area contributed by atoms with Gasteiger partial charge in [0.15, 0.2) is 0 Å². The zero-order valence-corrected chi connectivity index (χ0v) is 11.1. The van der Waals surface area contributed by atoms with Gasteiger partial charge in [0.25, 0.3) is 0 Å². The van der Waals surface area contributed by atoms with Crippen molar-refractivity contribution in [2.75, 3.05) is 0 Å². The third-order valence-corrected chi connectivity index (χ3v) is 3.00. The molecule has 3 aromatic rings. The summed E-state index contributed by atoms with van der Waals surface area (Å²) in [4.78, 5) is 12.7.